The average molecular weight is 309 g/mol. The molecule has 0 saturated heterocycles. The zero-order valence-electron chi connectivity index (χ0n) is 11.3. The Bertz CT molecular complexity index is 612. The topological polar surface area (TPSA) is 50.4 Å². The molecule has 0 fully saturated rings. The third-order valence-electron chi connectivity index (χ3n) is 2.81. The number of para-hydroxylation sites is 1. The fourth-order valence-electron chi connectivity index (χ4n) is 1.70. The first-order valence-corrected chi connectivity index (χ1v) is 6.59. The van der Waals surface area contributed by atoms with Gasteiger partial charge in [-0.3, -0.25) is 0 Å². The number of nitrogens with one attached hydrogen (secondary N) is 2. The Balaban J connectivity index is 1.92. The predicted molar refractivity (Wildman–Crippen MR) is 80.3 cm³/mol. The summed E-state index contributed by atoms with van der Waals surface area (Å²) in [6.45, 7) is 0.307. The van der Waals surface area contributed by atoms with Gasteiger partial charge in [-0.25, -0.2) is 9.18 Å². The minimum atomic E-state index is -0.581. The van der Waals surface area contributed by atoms with Gasteiger partial charge in [-0.2, -0.15) is 0 Å². The first-order chi connectivity index (χ1) is 10.1. The molecule has 2 aromatic rings. The molecule has 110 valence electrons. The summed E-state index contributed by atoms with van der Waals surface area (Å²) in [6.07, 6.45) is 0. The van der Waals surface area contributed by atoms with Crippen LogP contribution >= 0.6 is 11.6 Å². The van der Waals surface area contributed by atoms with E-state index in [1.165, 1.54) is 18.2 Å². The van der Waals surface area contributed by atoms with Crippen molar-refractivity contribution < 1.29 is 13.9 Å². The molecule has 0 spiro atoms. The summed E-state index contributed by atoms with van der Waals surface area (Å²) in [7, 11) is 1.58. The zero-order chi connectivity index (χ0) is 15.2. The Morgan fingerprint density at radius 2 is 1.95 bits per heavy atom. The summed E-state index contributed by atoms with van der Waals surface area (Å²) in [4.78, 5) is 11.7. The largest absolute Gasteiger partial charge is 0.497 e. The molecular weight excluding hydrogens is 295 g/mol. The van der Waals surface area contributed by atoms with Crippen molar-refractivity contribution in [2.24, 2.45) is 0 Å². The van der Waals surface area contributed by atoms with Crippen molar-refractivity contribution in [3.63, 3.8) is 0 Å². The normalized spacial score (nSPS) is 10.0. The molecule has 2 rings (SSSR count). The van der Waals surface area contributed by atoms with E-state index in [0.717, 1.165) is 11.3 Å². The maximum Gasteiger partial charge on any atom is 0.319 e. The highest BCUT2D eigenvalue weighted by Crippen LogP contribution is 2.24. The number of hydrogen-bond donors (Lipinski definition) is 2. The zero-order valence-corrected chi connectivity index (χ0v) is 12.1. The van der Waals surface area contributed by atoms with Gasteiger partial charge >= 0.3 is 6.03 Å². The van der Waals surface area contributed by atoms with Crippen LogP contribution in [-0.4, -0.2) is 13.1 Å². The fraction of sp³-hybridized carbons (Fsp3) is 0.133. The number of amides is 2. The van der Waals surface area contributed by atoms with Crippen molar-refractivity contribution in [1.29, 1.82) is 0 Å². The summed E-state index contributed by atoms with van der Waals surface area (Å²) in [5.41, 5.74) is 0.858. The number of halogens is 2. The molecule has 2 amide bonds. The lowest BCUT2D eigenvalue weighted by Gasteiger charge is -2.10. The van der Waals surface area contributed by atoms with Crippen LogP contribution in [0.1, 0.15) is 5.56 Å². The second kappa shape index (κ2) is 6.95. The molecule has 2 N–H and O–H groups in total. The van der Waals surface area contributed by atoms with Gasteiger partial charge in [0.05, 0.1) is 17.8 Å². The van der Waals surface area contributed by atoms with Crippen LogP contribution < -0.4 is 15.4 Å². The monoisotopic (exact) mass is 308 g/mol. The summed E-state index contributed by atoms with van der Waals surface area (Å²) in [5.74, 6) is 0.156. The average Bonchev–Trinajstić information content (AvgIpc) is 2.49. The number of rotatable bonds is 4. The van der Waals surface area contributed by atoms with E-state index in [1.807, 2.05) is 12.1 Å². The van der Waals surface area contributed by atoms with E-state index < -0.39 is 11.8 Å². The van der Waals surface area contributed by atoms with Crippen molar-refractivity contribution in [2.45, 2.75) is 6.54 Å². The second-order valence-corrected chi connectivity index (χ2v) is 4.66. The number of carbonyl (C=O) groups excluding carboxylic acids is 1. The van der Waals surface area contributed by atoms with E-state index in [-0.39, 0.29) is 10.7 Å². The molecule has 0 bridgehead atoms. The molecule has 0 heterocycles. The minimum absolute atomic E-state index is 0.0357. The first kappa shape index (κ1) is 15.1. The molecule has 4 nitrogen and oxygen atoms in total. The number of anilines is 1. The highest BCUT2D eigenvalue weighted by Gasteiger charge is 2.10. The van der Waals surface area contributed by atoms with Gasteiger partial charge in [0.25, 0.3) is 0 Å². The number of urea groups is 1. The lowest BCUT2D eigenvalue weighted by Crippen LogP contribution is -2.28. The van der Waals surface area contributed by atoms with Gasteiger partial charge in [0.1, 0.15) is 11.6 Å². The van der Waals surface area contributed by atoms with Crippen molar-refractivity contribution in [3.05, 3.63) is 58.9 Å². The molecule has 21 heavy (non-hydrogen) atoms. The Kier molecular flexibility index (Phi) is 5.00. The second-order valence-electron chi connectivity index (χ2n) is 4.25. The van der Waals surface area contributed by atoms with Crippen molar-refractivity contribution >= 4 is 23.3 Å². The van der Waals surface area contributed by atoms with Crippen LogP contribution in [0.3, 0.4) is 0 Å². The Labute approximate surface area is 126 Å². The smallest absolute Gasteiger partial charge is 0.319 e. The van der Waals surface area contributed by atoms with E-state index in [2.05, 4.69) is 10.6 Å². The van der Waals surface area contributed by atoms with Crippen LogP contribution in [0, 0.1) is 5.82 Å². The number of hydrogen-bond acceptors (Lipinski definition) is 2. The summed E-state index contributed by atoms with van der Waals surface area (Å²) < 4.78 is 18.6. The predicted octanol–water partition coefficient (Wildman–Crippen LogP) is 3.81. The van der Waals surface area contributed by atoms with E-state index in [9.17, 15) is 9.18 Å². The molecule has 0 aliphatic heterocycles. The van der Waals surface area contributed by atoms with Crippen LogP contribution in [0.25, 0.3) is 0 Å². The summed E-state index contributed by atoms with van der Waals surface area (Å²) in [6, 6.07) is 10.9. The first-order valence-electron chi connectivity index (χ1n) is 6.22. The number of methoxy groups -OCH3 is 1. The molecule has 0 radical (unpaired) electrons. The van der Waals surface area contributed by atoms with E-state index in [0.29, 0.717) is 6.54 Å². The number of benzene rings is 2. The number of ether oxygens (including phenoxy) is 1. The molecule has 0 atom stereocenters. The Morgan fingerprint density at radius 1 is 1.24 bits per heavy atom. The molecule has 0 unspecified atom stereocenters. The van der Waals surface area contributed by atoms with Crippen LogP contribution in [0.2, 0.25) is 5.02 Å². The fourth-order valence-corrected chi connectivity index (χ4v) is 1.91. The Hall–Kier alpha value is -2.27. The van der Waals surface area contributed by atoms with Gasteiger partial charge in [-0.15, -0.1) is 0 Å². The Morgan fingerprint density at radius 3 is 2.57 bits per heavy atom. The lowest BCUT2D eigenvalue weighted by molar-refractivity contribution is 0.251. The van der Waals surface area contributed by atoms with Crippen LogP contribution in [-0.2, 0) is 6.54 Å². The molecule has 6 heteroatoms. The van der Waals surface area contributed by atoms with Gasteiger partial charge in [0, 0.05) is 6.54 Å². The maximum absolute atomic E-state index is 13.5. The molecule has 0 saturated carbocycles. The van der Waals surface area contributed by atoms with Crippen LogP contribution in [0.5, 0.6) is 5.75 Å². The van der Waals surface area contributed by atoms with Crippen LogP contribution in [0.4, 0.5) is 14.9 Å². The molecule has 2 aromatic carbocycles. The molecule has 0 aliphatic rings. The standard InChI is InChI=1S/C15H14ClFN2O2/c1-21-11-7-5-10(6-8-11)9-18-15(20)19-14-12(16)3-2-4-13(14)17/h2-8H,9H2,1H3,(H2,18,19,20). The van der Waals surface area contributed by atoms with Gasteiger partial charge in [-0.1, -0.05) is 29.8 Å². The van der Waals surface area contributed by atoms with Crippen molar-refractivity contribution in [1.82, 2.24) is 5.32 Å². The van der Waals surface area contributed by atoms with E-state index in [4.69, 9.17) is 16.3 Å². The maximum atomic E-state index is 13.5. The number of carbonyl (C=O) groups is 1. The SMILES string of the molecule is COc1ccc(CNC(=O)Nc2c(F)cccc2Cl)cc1. The summed E-state index contributed by atoms with van der Waals surface area (Å²) in [5, 5.41) is 5.16. The molecule has 0 aromatic heterocycles. The third-order valence-corrected chi connectivity index (χ3v) is 3.13. The minimum Gasteiger partial charge on any atom is -0.497 e. The molecular formula is C15H14ClFN2O2. The summed E-state index contributed by atoms with van der Waals surface area (Å²) >= 11 is 5.83. The quantitative estimate of drug-likeness (QED) is 0.902. The van der Waals surface area contributed by atoms with Crippen molar-refractivity contribution in [3.8, 4) is 5.75 Å². The highest BCUT2D eigenvalue weighted by molar-refractivity contribution is 6.33. The van der Waals surface area contributed by atoms with E-state index in [1.54, 1.807) is 19.2 Å². The van der Waals surface area contributed by atoms with E-state index >= 15 is 0 Å². The van der Waals surface area contributed by atoms with Crippen LogP contribution in [0.15, 0.2) is 42.5 Å². The van der Waals surface area contributed by atoms with Gasteiger partial charge in [0.15, 0.2) is 0 Å². The van der Waals surface area contributed by atoms with Crippen molar-refractivity contribution in [2.75, 3.05) is 12.4 Å². The highest BCUT2D eigenvalue weighted by atomic mass is 35.5. The van der Waals surface area contributed by atoms with Gasteiger partial charge < -0.3 is 15.4 Å². The van der Waals surface area contributed by atoms with Gasteiger partial charge in [0.2, 0.25) is 0 Å². The molecule has 0 aliphatic carbocycles. The third kappa shape index (κ3) is 4.10. The van der Waals surface area contributed by atoms with Gasteiger partial charge in [-0.05, 0) is 29.8 Å². The lowest BCUT2D eigenvalue weighted by atomic mass is 10.2.